The third-order valence-electron chi connectivity index (χ3n) is 3.78. The molecule has 0 saturated carbocycles. The normalized spacial score (nSPS) is 13.4. The maximum Gasteiger partial charge on any atom is 0.241 e. The van der Waals surface area contributed by atoms with Crippen LogP contribution in [-0.4, -0.2) is 29.8 Å². The van der Waals surface area contributed by atoms with Crippen LogP contribution in [0.3, 0.4) is 0 Å². The largest absolute Gasteiger partial charge is 0.342 e. The zero-order valence-electron chi connectivity index (χ0n) is 13.2. The summed E-state index contributed by atoms with van der Waals surface area (Å²) in [5, 5.41) is 2.87. The molecule has 1 rings (SSSR count). The van der Waals surface area contributed by atoms with Crippen molar-refractivity contribution in [3.8, 4) is 0 Å². The average Bonchev–Trinajstić information content (AvgIpc) is 2.47. The van der Waals surface area contributed by atoms with E-state index < -0.39 is 6.04 Å². The first-order chi connectivity index (χ1) is 9.86. The molecule has 0 aliphatic heterocycles. The van der Waals surface area contributed by atoms with Crippen molar-refractivity contribution < 1.29 is 9.59 Å². The van der Waals surface area contributed by atoms with E-state index in [4.69, 9.17) is 5.73 Å². The molecular formula is C16H25N3O2. The summed E-state index contributed by atoms with van der Waals surface area (Å²) in [6.07, 6.45) is 0.851. The first kappa shape index (κ1) is 17.2. The van der Waals surface area contributed by atoms with Crippen LogP contribution in [0.25, 0.3) is 0 Å². The highest BCUT2D eigenvalue weighted by molar-refractivity contribution is 5.95. The molecule has 21 heavy (non-hydrogen) atoms. The Morgan fingerprint density at radius 1 is 1.33 bits per heavy atom. The molecule has 2 amide bonds. The maximum absolute atomic E-state index is 12.2. The second kappa shape index (κ2) is 7.78. The van der Waals surface area contributed by atoms with Crippen LogP contribution in [-0.2, 0) is 16.1 Å². The van der Waals surface area contributed by atoms with E-state index in [9.17, 15) is 9.59 Å². The second-order valence-corrected chi connectivity index (χ2v) is 5.43. The minimum atomic E-state index is -0.534. The highest BCUT2D eigenvalue weighted by Crippen LogP contribution is 2.18. The molecule has 3 N–H and O–H groups in total. The molecule has 1 aromatic carbocycles. The number of hydrogen-bond acceptors (Lipinski definition) is 3. The van der Waals surface area contributed by atoms with Crippen LogP contribution in [0.4, 0.5) is 5.69 Å². The third-order valence-corrected chi connectivity index (χ3v) is 3.78. The summed E-state index contributed by atoms with van der Waals surface area (Å²) < 4.78 is 0. The Hall–Kier alpha value is -1.88. The SMILES string of the molecule is CCC(C)[C@H](N)C(=O)Nc1ccccc1CN(C)C(C)=O. The van der Waals surface area contributed by atoms with Gasteiger partial charge in [-0.2, -0.15) is 0 Å². The minimum absolute atomic E-state index is 0.0209. The summed E-state index contributed by atoms with van der Waals surface area (Å²) >= 11 is 0. The predicted molar refractivity (Wildman–Crippen MR) is 84.7 cm³/mol. The maximum atomic E-state index is 12.2. The van der Waals surface area contributed by atoms with E-state index in [0.29, 0.717) is 12.2 Å². The Morgan fingerprint density at radius 2 is 1.95 bits per heavy atom. The summed E-state index contributed by atoms with van der Waals surface area (Å²) in [5.74, 6) is -0.0910. The molecule has 1 unspecified atom stereocenters. The molecule has 0 aromatic heterocycles. The number of hydrogen-bond donors (Lipinski definition) is 2. The topological polar surface area (TPSA) is 75.4 Å². The van der Waals surface area contributed by atoms with Crippen LogP contribution in [0.2, 0.25) is 0 Å². The van der Waals surface area contributed by atoms with Crippen molar-refractivity contribution in [1.82, 2.24) is 4.90 Å². The van der Waals surface area contributed by atoms with E-state index in [1.165, 1.54) is 6.92 Å². The number of rotatable bonds is 6. The number of nitrogens with one attached hydrogen (secondary N) is 1. The Bertz CT molecular complexity index is 502. The van der Waals surface area contributed by atoms with E-state index in [0.717, 1.165) is 12.0 Å². The Kier molecular flexibility index (Phi) is 6.37. The van der Waals surface area contributed by atoms with Crippen molar-refractivity contribution >= 4 is 17.5 Å². The Labute approximate surface area is 126 Å². The fourth-order valence-electron chi connectivity index (χ4n) is 1.88. The van der Waals surface area contributed by atoms with Crippen molar-refractivity contribution in [2.45, 2.75) is 39.8 Å². The van der Waals surface area contributed by atoms with Gasteiger partial charge in [0.1, 0.15) is 0 Å². The molecule has 0 aliphatic rings. The molecule has 0 fully saturated rings. The summed E-state index contributed by atoms with van der Waals surface area (Å²) in [5.41, 5.74) is 7.53. The molecule has 0 aliphatic carbocycles. The highest BCUT2D eigenvalue weighted by atomic mass is 16.2. The number of nitrogens with two attached hydrogens (primary N) is 1. The molecule has 0 saturated heterocycles. The smallest absolute Gasteiger partial charge is 0.241 e. The van der Waals surface area contributed by atoms with E-state index in [-0.39, 0.29) is 17.7 Å². The molecule has 2 atom stereocenters. The van der Waals surface area contributed by atoms with E-state index >= 15 is 0 Å². The van der Waals surface area contributed by atoms with Gasteiger partial charge in [-0.05, 0) is 17.5 Å². The van der Waals surface area contributed by atoms with Gasteiger partial charge in [0.15, 0.2) is 0 Å². The highest BCUT2D eigenvalue weighted by Gasteiger charge is 2.20. The number of benzene rings is 1. The lowest BCUT2D eigenvalue weighted by atomic mass is 9.99. The first-order valence-electron chi connectivity index (χ1n) is 7.22. The third kappa shape index (κ3) is 4.86. The van der Waals surface area contributed by atoms with Crippen LogP contribution in [0.5, 0.6) is 0 Å². The van der Waals surface area contributed by atoms with E-state index in [1.807, 2.05) is 38.1 Å². The molecule has 0 bridgehead atoms. The van der Waals surface area contributed by atoms with Gasteiger partial charge in [-0.15, -0.1) is 0 Å². The molecule has 1 aromatic rings. The number of amides is 2. The molecule has 116 valence electrons. The summed E-state index contributed by atoms with van der Waals surface area (Å²) in [7, 11) is 1.73. The van der Waals surface area contributed by atoms with Crippen LogP contribution >= 0.6 is 0 Å². The summed E-state index contributed by atoms with van der Waals surface area (Å²) in [4.78, 5) is 25.1. The first-order valence-corrected chi connectivity index (χ1v) is 7.22. The van der Waals surface area contributed by atoms with Gasteiger partial charge >= 0.3 is 0 Å². The van der Waals surface area contributed by atoms with Crippen LogP contribution in [0.15, 0.2) is 24.3 Å². The fraction of sp³-hybridized carbons (Fsp3) is 0.500. The fourth-order valence-corrected chi connectivity index (χ4v) is 1.88. The van der Waals surface area contributed by atoms with Gasteiger partial charge in [0, 0.05) is 26.2 Å². The summed E-state index contributed by atoms with van der Waals surface area (Å²) in [6, 6.07) is 6.91. The molecule has 5 nitrogen and oxygen atoms in total. The summed E-state index contributed by atoms with van der Waals surface area (Å²) in [6.45, 7) is 5.93. The number of carbonyl (C=O) groups is 2. The lowest BCUT2D eigenvalue weighted by molar-refractivity contribution is -0.128. The number of anilines is 1. The lowest BCUT2D eigenvalue weighted by Crippen LogP contribution is -2.40. The van der Waals surface area contributed by atoms with Crippen molar-refractivity contribution in [3.05, 3.63) is 29.8 Å². The quantitative estimate of drug-likeness (QED) is 0.841. The van der Waals surface area contributed by atoms with Gasteiger partial charge < -0.3 is 16.0 Å². The van der Waals surface area contributed by atoms with Crippen molar-refractivity contribution in [3.63, 3.8) is 0 Å². The van der Waals surface area contributed by atoms with Gasteiger partial charge in [-0.1, -0.05) is 38.5 Å². The predicted octanol–water partition coefficient (Wildman–Crippen LogP) is 1.98. The second-order valence-electron chi connectivity index (χ2n) is 5.43. The van der Waals surface area contributed by atoms with Crippen LogP contribution in [0.1, 0.15) is 32.8 Å². The molecule has 0 radical (unpaired) electrons. The Morgan fingerprint density at radius 3 is 2.52 bits per heavy atom. The average molecular weight is 291 g/mol. The number of carbonyl (C=O) groups excluding carboxylic acids is 2. The zero-order valence-corrected chi connectivity index (χ0v) is 13.2. The van der Waals surface area contributed by atoms with Gasteiger partial charge in [-0.3, -0.25) is 9.59 Å². The lowest BCUT2D eigenvalue weighted by Gasteiger charge is -2.21. The van der Waals surface area contributed by atoms with Gasteiger partial charge in [-0.25, -0.2) is 0 Å². The molecular weight excluding hydrogens is 266 g/mol. The van der Waals surface area contributed by atoms with Crippen molar-refractivity contribution in [1.29, 1.82) is 0 Å². The van der Waals surface area contributed by atoms with Gasteiger partial charge in [0.05, 0.1) is 6.04 Å². The standard InChI is InChI=1S/C16H25N3O2/c1-5-11(2)15(17)16(21)18-14-9-7-6-8-13(14)10-19(4)12(3)20/h6-9,11,15H,5,10,17H2,1-4H3,(H,18,21)/t11?,15-/m0/s1. The van der Waals surface area contributed by atoms with E-state index in [2.05, 4.69) is 5.32 Å². The van der Waals surface area contributed by atoms with Gasteiger partial charge in [0.25, 0.3) is 0 Å². The van der Waals surface area contributed by atoms with Gasteiger partial charge in [0.2, 0.25) is 11.8 Å². The monoisotopic (exact) mass is 291 g/mol. The Balaban J connectivity index is 2.84. The molecule has 5 heteroatoms. The molecule has 0 spiro atoms. The minimum Gasteiger partial charge on any atom is -0.342 e. The van der Waals surface area contributed by atoms with E-state index in [1.54, 1.807) is 11.9 Å². The van der Waals surface area contributed by atoms with Crippen LogP contribution in [0, 0.1) is 5.92 Å². The van der Waals surface area contributed by atoms with Crippen LogP contribution < -0.4 is 11.1 Å². The number of para-hydroxylation sites is 1. The van der Waals surface area contributed by atoms with Crippen molar-refractivity contribution in [2.75, 3.05) is 12.4 Å². The number of nitrogens with zero attached hydrogens (tertiary/aromatic N) is 1. The van der Waals surface area contributed by atoms with Crippen molar-refractivity contribution in [2.24, 2.45) is 11.7 Å². The molecule has 0 heterocycles. The zero-order chi connectivity index (χ0) is 16.0.